The Bertz CT molecular complexity index is 2070. The van der Waals surface area contributed by atoms with Gasteiger partial charge in [0.25, 0.3) is 0 Å². The van der Waals surface area contributed by atoms with E-state index in [1.54, 1.807) is 30.5 Å². The van der Waals surface area contributed by atoms with Crippen LogP contribution in [0.3, 0.4) is 0 Å². The van der Waals surface area contributed by atoms with Crippen LogP contribution in [0.15, 0.2) is 77.8 Å². The van der Waals surface area contributed by atoms with E-state index in [-0.39, 0.29) is 44.1 Å². The average Bonchev–Trinajstić information content (AvgIpc) is 3.80. The predicted octanol–water partition coefficient (Wildman–Crippen LogP) is 4.28. The van der Waals surface area contributed by atoms with E-state index in [1.807, 2.05) is 24.3 Å². The number of phenols is 1. The van der Waals surface area contributed by atoms with Crippen LogP contribution < -0.4 is 14.8 Å². The minimum absolute atomic E-state index is 0.0421. The Morgan fingerprint density at radius 2 is 1.81 bits per heavy atom. The number of para-hydroxylation sites is 3. The zero-order chi connectivity index (χ0) is 37.4. The number of piperidine rings is 1. The van der Waals surface area contributed by atoms with E-state index >= 15 is 0 Å². The van der Waals surface area contributed by atoms with Crippen molar-refractivity contribution in [2.75, 3.05) is 33.4 Å². The van der Waals surface area contributed by atoms with Crippen molar-refractivity contribution in [1.29, 1.82) is 0 Å². The molecule has 3 aliphatic heterocycles. The standard InChI is InChI=1S/C36H39F3N6O7S/c1-50-31-9-5-3-7-28(31)44-21-26(41-42-44)23-52-27-19-29-34(47)40-35(12-15-43(16-13-35)20-24-6-2-4-8-30(24)46)14-17-51-32-11-10-25(36(37,38)39)18-33(32)53(48,49)45(29)22-27/h2-11,18,21,27,29,46H,12-17,19-20,22-23H2,1H3,(H,40,47)/t27-,29+/m1/s1. The number of ether oxygens (including phenoxy) is 3. The molecule has 0 aliphatic carbocycles. The van der Waals surface area contributed by atoms with Gasteiger partial charge in [-0.15, -0.1) is 5.10 Å². The quantitative estimate of drug-likeness (QED) is 0.280. The van der Waals surface area contributed by atoms with E-state index in [9.17, 15) is 31.5 Å². The van der Waals surface area contributed by atoms with Crippen molar-refractivity contribution >= 4 is 15.9 Å². The van der Waals surface area contributed by atoms with Crippen molar-refractivity contribution in [2.24, 2.45) is 0 Å². The highest BCUT2D eigenvalue weighted by Crippen LogP contribution is 2.39. The second kappa shape index (κ2) is 14.6. The van der Waals surface area contributed by atoms with Crippen LogP contribution in [-0.4, -0.2) is 94.7 Å². The Kier molecular flexibility index (Phi) is 10.1. The molecule has 3 aliphatic rings. The molecule has 2 N–H and O–H groups in total. The van der Waals surface area contributed by atoms with Crippen LogP contribution in [0, 0.1) is 0 Å². The first-order chi connectivity index (χ1) is 25.3. The Balaban J connectivity index is 1.14. The van der Waals surface area contributed by atoms with Gasteiger partial charge in [0, 0.05) is 50.1 Å². The molecule has 17 heteroatoms. The molecule has 1 aromatic heterocycles. The van der Waals surface area contributed by atoms with Crippen molar-refractivity contribution < 1.29 is 45.7 Å². The SMILES string of the molecule is COc1ccccc1-n1cc(CO[C@@H]2C[C@H]3C(=O)NC4(CCOc5ccc(C(F)(F)F)cc5S(=O)(=O)N3C2)CCN(Cc2ccccc2O)CC4)nn1. The molecule has 1 spiro atoms. The molecule has 13 nitrogen and oxygen atoms in total. The molecular formula is C36H39F3N6O7S. The number of aromatic nitrogens is 3. The van der Waals surface area contributed by atoms with Gasteiger partial charge in [-0.1, -0.05) is 35.5 Å². The van der Waals surface area contributed by atoms with Gasteiger partial charge in [0.05, 0.1) is 38.2 Å². The second-order valence-corrected chi connectivity index (χ2v) is 15.4. The van der Waals surface area contributed by atoms with Gasteiger partial charge < -0.3 is 24.6 Å². The third-order valence-corrected chi connectivity index (χ3v) is 12.0. The number of rotatable bonds is 7. The molecule has 0 bridgehead atoms. The fourth-order valence-corrected chi connectivity index (χ4v) is 8.98. The number of alkyl halides is 3. The molecule has 2 saturated heterocycles. The van der Waals surface area contributed by atoms with Crippen LogP contribution in [0.25, 0.3) is 5.69 Å². The number of sulfonamides is 1. The third kappa shape index (κ3) is 7.69. The monoisotopic (exact) mass is 756 g/mol. The number of methoxy groups -OCH3 is 1. The lowest BCUT2D eigenvalue weighted by atomic mass is 9.84. The molecule has 0 saturated carbocycles. The van der Waals surface area contributed by atoms with Crippen LogP contribution in [0.5, 0.6) is 17.2 Å². The van der Waals surface area contributed by atoms with Crippen LogP contribution in [-0.2, 0) is 38.9 Å². The predicted molar refractivity (Wildman–Crippen MR) is 184 cm³/mol. The number of aromatic hydroxyl groups is 1. The van der Waals surface area contributed by atoms with Crippen molar-refractivity contribution in [2.45, 2.75) is 67.6 Å². The van der Waals surface area contributed by atoms with Crippen molar-refractivity contribution in [3.63, 3.8) is 0 Å². The molecule has 3 aromatic carbocycles. The summed E-state index contributed by atoms with van der Waals surface area (Å²) >= 11 is 0. The first-order valence-electron chi connectivity index (χ1n) is 17.2. The molecule has 2 atom stereocenters. The molecule has 1 amide bonds. The summed E-state index contributed by atoms with van der Waals surface area (Å²) in [5.74, 6) is -0.0283. The zero-order valence-corrected chi connectivity index (χ0v) is 29.6. The molecule has 7 rings (SSSR count). The van der Waals surface area contributed by atoms with Gasteiger partial charge in [0.15, 0.2) is 0 Å². The van der Waals surface area contributed by atoms with Gasteiger partial charge in [-0.05, 0) is 49.2 Å². The van der Waals surface area contributed by atoms with E-state index in [0.29, 0.717) is 55.7 Å². The lowest BCUT2D eigenvalue weighted by Gasteiger charge is -2.43. The molecule has 4 aromatic rings. The van der Waals surface area contributed by atoms with Gasteiger partial charge in [-0.3, -0.25) is 9.69 Å². The number of halogens is 3. The van der Waals surface area contributed by atoms with E-state index < -0.39 is 50.3 Å². The van der Waals surface area contributed by atoms with Crippen molar-refractivity contribution in [3.05, 3.63) is 89.7 Å². The van der Waals surface area contributed by atoms with Crippen LogP contribution >= 0.6 is 0 Å². The minimum Gasteiger partial charge on any atom is -0.508 e. The highest BCUT2D eigenvalue weighted by molar-refractivity contribution is 7.89. The highest BCUT2D eigenvalue weighted by Gasteiger charge is 2.48. The van der Waals surface area contributed by atoms with E-state index in [2.05, 4.69) is 20.5 Å². The Labute approximate surface area is 304 Å². The molecule has 4 heterocycles. The molecule has 53 heavy (non-hydrogen) atoms. The number of nitrogens with zero attached hydrogens (tertiary/aromatic N) is 5. The van der Waals surface area contributed by atoms with Gasteiger partial charge in [-0.2, -0.15) is 17.5 Å². The molecule has 282 valence electrons. The number of carbonyl (C=O) groups is 1. The maximum Gasteiger partial charge on any atom is 0.416 e. The van der Waals surface area contributed by atoms with Gasteiger partial charge >= 0.3 is 6.18 Å². The summed E-state index contributed by atoms with van der Waals surface area (Å²) in [6, 6.07) is 15.4. The average molecular weight is 757 g/mol. The Hall–Kier alpha value is -4.71. The Morgan fingerprint density at radius 3 is 2.57 bits per heavy atom. The smallest absolute Gasteiger partial charge is 0.416 e. The molecule has 0 unspecified atom stereocenters. The summed E-state index contributed by atoms with van der Waals surface area (Å²) < 4.78 is 90.1. The number of likely N-dealkylation sites (tertiary alicyclic amines) is 1. The van der Waals surface area contributed by atoms with Crippen molar-refractivity contribution in [1.82, 2.24) is 29.5 Å². The van der Waals surface area contributed by atoms with Gasteiger partial charge in [0.2, 0.25) is 15.9 Å². The number of hydrogen-bond acceptors (Lipinski definition) is 10. The molecular weight excluding hydrogens is 717 g/mol. The molecule has 0 radical (unpaired) electrons. The topological polar surface area (TPSA) is 148 Å². The second-order valence-electron chi connectivity index (χ2n) is 13.5. The number of fused-ring (bicyclic) bond motifs is 2. The summed E-state index contributed by atoms with van der Waals surface area (Å²) in [4.78, 5) is 15.7. The molecule has 2 fully saturated rings. The number of phenolic OH excluding ortho intramolecular Hbond substituents is 1. The summed E-state index contributed by atoms with van der Waals surface area (Å²) in [6.07, 6.45) is -2.74. The van der Waals surface area contributed by atoms with Crippen LogP contribution in [0.1, 0.15) is 42.5 Å². The zero-order valence-electron chi connectivity index (χ0n) is 28.8. The lowest BCUT2D eigenvalue weighted by Crippen LogP contribution is -2.59. The lowest BCUT2D eigenvalue weighted by molar-refractivity contribution is -0.137. The maximum absolute atomic E-state index is 14.3. The fourth-order valence-electron chi connectivity index (χ4n) is 7.19. The minimum atomic E-state index is -4.82. The summed E-state index contributed by atoms with van der Waals surface area (Å²) in [5.41, 5.74) is -0.0995. The van der Waals surface area contributed by atoms with Gasteiger partial charge in [0.1, 0.15) is 39.6 Å². The van der Waals surface area contributed by atoms with Crippen LogP contribution in [0.4, 0.5) is 13.2 Å². The normalized spacial score (nSPS) is 21.9. The number of benzene rings is 3. The third-order valence-electron chi connectivity index (χ3n) is 10.1. The summed E-state index contributed by atoms with van der Waals surface area (Å²) in [6.45, 7) is 1.22. The number of nitrogens with one attached hydrogen (secondary N) is 1. The van der Waals surface area contributed by atoms with E-state index in [0.717, 1.165) is 22.0 Å². The number of amides is 1. The Morgan fingerprint density at radius 1 is 1.06 bits per heavy atom. The van der Waals surface area contributed by atoms with Gasteiger partial charge in [-0.25, -0.2) is 13.1 Å². The first-order valence-corrected chi connectivity index (χ1v) is 18.6. The van der Waals surface area contributed by atoms with E-state index in [1.165, 1.54) is 11.8 Å². The summed E-state index contributed by atoms with van der Waals surface area (Å²) in [7, 11) is -3.17. The first kappa shape index (κ1) is 36.6. The largest absolute Gasteiger partial charge is 0.508 e. The highest BCUT2D eigenvalue weighted by atomic mass is 32.2. The van der Waals surface area contributed by atoms with Crippen LogP contribution in [0.2, 0.25) is 0 Å². The van der Waals surface area contributed by atoms with Crippen molar-refractivity contribution in [3.8, 4) is 22.9 Å². The number of carbonyl (C=O) groups excluding carboxylic acids is 1. The summed E-state index contributed by atoms with van der Waals surface area (Å²) in [5, 5.41) is 21.8. The van der Waals surface area contributed by atoms with E-state index in [4.69, 9.17) is 14.2 Å². The fraction of sp³-hybridized carbons (Fsp3) is 0.417. The maximum atomic E-state index is 14.3. The number of hydrogen-bond donors (Lipinski definition) is 2.